The number of nitrogens with zero attached hydrogens (tertiary/aromatic N) is 1. The second kappa shape index (κ2) is 4.41. The zero-order chi connectivity index (χ0) is 12.4. The molecule has 0 fully saturated rings. The molecule has 1 N–H and O–H groups in total. The Bertz CT molecular complexity index is 628. The van der Waals surface area contributed by atoms with Crippen molar-refractivity contribution in [3.8, 4) is 0 Å². The van der Waals surface area contributed by atoms with Crippen LogP contribution in [0, 0.1) is 0 Å². The van der Waals surface area contributed by atoms with Crippen molar-refractivity contribution >= 4 is 16.9 Å². The van der Waals surface area contributed by atoms with E-state index in [9.17, 15) is 9.59 Å². The Hall–Kier alpha value is -2.10. The first-order valence-electron chi connectivity index (χ1n) is 5.46. The fraction of sp³-hybridized carbons (Fsp3) is 0.231. The maximum atomic E-state index is 11.7. The lowest BCUT2D eigenvalue weighted by Gasteiger charge is -2.11. The molecule has 0 aliphatic heterocycles. The predicted molar refractivity (Wildman–Crippen MR) is 65.2 cm³/mol. The number of hydrogen-bond acceptors (Lipinski definition) is 2. The Kier molecular flexibility index (Phi) is 2.95. The maximum Gasteiger partial charge on any atom is 0.323 e. The van der Waals surface area contributed by atoms with Crippen LogP contribution < -0.4 is 5.43 Å². The SMILES string of the molecule is CCc1cccc2c(=O)ccn(CC(=O)O)c12. The van der Waals surface area contributed by atoms with Crippen molar-refractivity contribution in [2.45, 2.75) is 19.9 Å². The third kappa shape index (κ3) is 2.06. The molecule has 0 atom stereocenters. The molecular formula is C13H13NO3. The van der Waals surface area contributed by atoms with Crippen LogP contribution in [0.5, 0.6) is 0 Å². The largest absolute Gasteiger partial charge is 0.480 e. The molecule has 1 heterocycles. The summed E-state index contributed by atoms with van der Waals surface area (Å²) in [6.45, 7) is 1.85. The number of para-hydroxylation sites is 1. The van der Waals surface area contributed by atoms with Crippen LogP contribution in [-0.2, 0) is 17.8 Å². The molecule has 0 saturated carbocycles. The zero-order valence-corrected chi connectivity index (χ0v) is 9.51. The molecule has 0 spiro atoms. The molecule has 2 aromatic rings. The van der Waals surface area contributed by atoms with E-state index >= 15 is 0 Å². The highest BCUT2D eigenvalue weighted by molar-refractivity contribution is 5.83. The third-order valence-corrected chi connectivity index (χ3v) is 2.76. The second-order valence-electron chi connectivity index (χ2n) is 3.87. The van der Waals surface area contributed by atoms with E-state index in [1.165, 1.54) is 12.3 Å². The molecule has 0 saturated heterocycles. The Morgan fingerprint density at radius 2 is 2.12 bits per heavy atom. The topological polar surface area (TPSA) is 59.3 Å². The second-order valence-corrected chi connectivity index (χ2v) is 3.87. The summed E-state index contributed by atoms with van der Waals surface area (Å²) in [7, 11) is 0. The van der Waals surface area contributed by atoms with Gasteiger partial charge in [-0.15, -0.1) is 0 Å². The van der Waals surface area contributed by atoms with Gasteiger partial charge in [0.2, 0.25) is 0 Å². The number of hydrogen-bond donors (Lipinski definition) is 1. The fourth-order valence-electron chi connectivity index (χ4n) is 2.01. The molecule has 4 heteroatoms. The van der Waals surface area contributed by atoms with Crippen LogP contribution in [-0.4, -0.2) is 15.6 Å². The third-order valence-electron chi connectivity index (χ3n) is 2.76. The number of carbonyl (C=O) groups is 1. The molecule has 88 valence electrons. The van der Waals surface area contributed by atoms with Crippen molar-refractivity contribution in [3.05, 3.63) is 46.2 Å². The van der Waals surface area contributed by atoms with Crippen molar-refractivity contribution in [2.75, 3.05) is 0 Å². The molecule has 4 nitrogen and oxygen atoms in total. The lowest BCUT2D eigenvalue weighted by molar-refractivity contribution is -0.137. The number of aryl methyl sites for hydroxylation is 1. The van der Waals surface area contributed by atoms with Gasteiger partial charge in [0, 0.05) is 17.6 Å². The Morgan fingerprint density at radius 1 is 1.35 bits per heavy atom. The number of aromatic nitrogens is 1. The van der Waals surface area contributed by atoms with E-state index in [0.717, 1.165) is 17.5 Å². The number of fused-ring (bicyclic) bond motifs is 1. The minimum Gasteiger partial charge on any atom is -0.480 e. The van der Waals surface area contributed by atoms with Crippen LogP contribution >= 0.6 is 0 Å². The van der Waals surface area contributed by atoms with E-state index in [1.807, 2.05) is 19.1 Å². The fourth-order valence-corrected chi connectivity index (χ4v) is 2.01. The molecule has 0 radical (unpaired) electrons. The first kappa shape index (κ1) is 11.4. The Balaban J connectivity index is 2.80. The standard InChI is InChI=1S/C13H13NO3/c1-2-9-4-3-5-10-11(15)6-7-14(13(9)10)8-12(16)17/h3-7H,2,8H2,1H3,(H,16,17). The van der Waals surface area contributed by atoms with Gasteiger partial charge in [0.25, 0.3) is 0 Å². The molecule has 1 aromatic carbocycles. The molecule has 1 aromatic heterocycles. The van der Waals surface area contributed by atoms with Crippen LogP contribution in [0.3, 0.4) is 0 Å². The van der Waals surface area contributed by atoms with Gasteiger partial charge in [0.05, 0.1) is 5.52 Å². The zero-order valence-electron chi connectivity index (χ0n) is 9.51. The highest BCUT2D eigenvalue weighted by Crippen LogP contribution is 2.16. The number of carboxylic acids is 1. The van der Waals surface area contributed by atoms with Gasteiger partial charge in [-0.2, -0.15) is 0 Å². The van der Waals surface area contributed by atoms with Crippen LogP contribution in [0.15, 0.2) is 35.3 Å². The molecule has 0 aliphatic carbocycles. The predicted octanol–water partition coefficient (Wildman–Crippen LogP) is 1.65. The van der Waals surface area contributed by atoms with E-state index < -0.39 is 5.97 Å². The van der Waals surface area contributed by atoms with E-state index in [-0.39, 0.29) is 12.0 Å². The first-order valence-corrected chi connectivity index (χ1v) is 5.46. The molecule has 0 bridgehead atoms. The molecular weight excluding hydrogens is 218 g/mol. The van der Waals surface area contributed by atoms with E-state index in [2.05, 4.69) is 0 Å². The first-order chi connectivity index (χ1) is 8.13. The van der Waals surface area contributed by atoms with Crippen molar-refractivity contribution in [1.82, 2.24) is 4.57 Å². The monoisotopic (exact) mass is 231 g/mol. The van der Waals surface area contributed by atoms with Gasteiger partial charge in [-0.25, -0.2) is 0 Å². The molecule has 0 unspecified atom stereocenters. The van der Waals surface area contributed by atoms with Crippen molar-refractivity contribution in [3.63, 3.8) is 0 Å². The summed E-state index contributed by atoms with van der Waals surface area (Å²) in [6, 6.07) is 6.88. The number of carboxylic acid groups (broad SMARTS) is 1. The lowest BCUT2D eigenvalue weighted by atomic mass is 10.1. The molecule has 17 heavy (non-hydrogen) atoms. The van der Waals surface area contributed by atoms with Crippen LogP contribution in [0.25, 0.3) is 10.9 Å². The summed E-state index contributed by atoms with van der Waals surface area (Å²) >= 11 is 0. The lowest BCUT2D eigenvalue weighted by Crippen LogP contribution is -2.14. The van der Waals surface area contributed by atoms with Gasteiger partial charge in [0.15, 0.2) is 5.43 Å². The maximum absolute atomic E-state index is 11.7. The van der Waals surface area contributed by atoms with Crippen LogP contribution in [0.4, 0.5) is 0 Å². The van der Waals surface area contributed by atoms with Crippen LogP contribution in [0.2, 0.25) is 0 Å². The average molecular weight is 231 g/mol. The minimum atomic E-state index is -0.916. The number of pyridine rings is 1. The quantitative estimate of drug-likeness (QED) is 0.873. The molecule has 0 amide bonds. The number of aliphatic carboxylic acids is 1. The minimum absolute atomic E-state index is 0.0723. The van der Waals surface area contributed by atoms with Crippen molar-refractivity contribution < 1.29 is 9.90 Å². The average Bonchev–Trinajstić information content (AvgIpc) is 2.31. The summed E-state index contributed by atoms with van der Waals surface area (Å²) < 4.78 is 1.61. The van der Waals surface area contributed by atoms with Gasteiger partial charge in [-0.05, 0) is 18.1 Å². The van der Waals surface area contributed by atoms with E-state index in [4.69, 9.17) is 5.11 Å². The smallest absolute Gasteiger partial charge is 0.323 e. The summed E-state index contributed by atoms with van der Waals surface area (Å²) in [5, 5.41) is 9.44. The Labute approximate surface area is 98.1 Å². The van der Waals surface area contributed by atoms with Gasteiger partial charge in [-0.1, -0.05) is 19.1 Å². The normalized spacial score (nSPS) is 10.6. The van der Waals surface area contributed by atoms with E-state index in [1.54, 1.807) is 10.6 Å². The van der Waals surface area contributed by atoms with Crippen molar-refractivity contribution in [1.29, 1.82) is 0 Å². The van der Waals surface area contributed by atoms with Crippen LogP contribution in [0.1, 0.15) is 12.5 Å². The van der Waals surface area contributed by atoms with Crippen molar-refractivity contribution in [2.24, 2.45) is 0 Å². The summed E-state index contributed by atoms with van der Waals surface area (Å²) in [5.41, 5.74) is 1.64. The highest BCUT2D eigenvalue weighted by atomic mass is 16.4. The summed E-state index contributed by atoms with van der Waals surface area (Å²) in [6.07, 6.45) is 2.30. The van der Waals surface area contributed by atoms with E-state index in [0.29, 0.717) is 5.39 Å². The van der Waals surface area contributed by atoms with Gasteiger partial charge in [-0.3, -0.25) is 9.59 Å². The summed E-state index contributed by atoms with van der Waals surface area (Å²) in [4.78, 5) is 22.5. The number of rotatable bonds is 3. The summed E-state index contributed by atoms with van der Waals surface area (Å²) in [5.74, 6) is -0.916. The molecule has 2 rings (SSSR count). The van der Waals surface area contributed by atoms with Gasteiger partial charge < -0.3 is 9.67 Å². The van der Waals surface area contributed by atoms with Gasteiger partial charge >= 0.3 is 5.97 Å². The van der Waals surface area contributed by atoms with Gasteiger partial charge in [0.1, 0.15) is 6.54 Å². The molecule has 0 aliphatic rings. The Morgan fingerprint density at radius 3 is 2.76 bits per heavy atom. The highest BCUT2D eigenvalue weighted by Gasteiger charge is 2.08. The number of benzene rings is 1.